The Bertz CT molecular complexity index is 504. The van der Waals surface area contributed by atoms with E-state index in [0.717, 1.165) is 24.8 Å². The molecule has 0 aromatic heterocycles. The molecule has 0 bridgehead atoms. The van der Waals surface area contributed by atoms with Crippen LogP contribution in [-0.4, -0.2) is 25.7 Å². The predicted octanol–water partition coefficient (Wildman–Crippen LogP) is 2.47. The summed E-state index contributed by atoms with van der Waals surface area (Å²) < 4.78 is 27.5. The Labute approximate surface area is 122 Å². The monoisotopic (exact) mass is 299 g/mol. The first-order valence-corrected chi connectivity index (χ1v) is 8.59. The molecule has 0 spiro atoms. The molecule has 1 rings (SSSR count). The minimum Gasteiger partial charge on any atom is -0.396 e. The van der Waals surface area contributed by atoms with Crippen LogP contribution in [0, 0.1) is 0 Å². The number of nitrogens with one attached hydrogen (secondary N) is 1. The first kappa shape index (κ1) is 17.1. The number of hydrogen-bond donors (Lipinski definition) is 2. The second kappa shape index (κ2) is 7.20. The van der Waals surface area contributed by atoms with Gasteiger partial charge in [-0.05, 0) is 50.3 Å². The second-order valence-corrected chi connectivity index (χ2v) is 7.03. The van der Waals surface area contributed by atoms with E-state index < -0.39 is 15.6 Å². The molecule has 0 radical (unpaired) electrons. The molecule has 0 amide bonds. The third-order valence-corrected chi connectivity index (χ3v) is 5.45. The van der Waals surface area contributed by atoms with Gasteiger partial charge in [-0.1, -0.05) is 26.0 Å². The van der Waals surface area contributed by atoms with Gasteiger partial charge in [0.05, 0.1) is 4.90 Å². The molecule has 1 aromatic carbocycles. The summed E-state index contributed by atoms with van der Waals surface area (Å²) >= 11 is 0. The van der Waals surface area contributed by atoms with Crippen molar-refractivity contribution < 1.29 is 13.5 Å². The van der Waals surface area contributed by atoms with Crippen molar-refractivity contribution in [3.05, 3.63) is 29.8 Å². The van der Waals surface area contributed by atoms with E-state index in [1.54, 1.807) is 24.3 Å². The van der Waals surface area contributed by atoms with E-state index in [1.165, 1.54) is 0 Å². The van der Waals surface area contributed by atoms with Crippen LogP contribution in [0.5, 0.6) is 0 Å². The van der Waals surface area contributed by atoms with Crippen molar-refractivity contribution in [2.45, 2.75) is 56.9 Å². The van der Waals surface area contributed by atoms with Crippen molar-refractivity contribution in [3.63, 3.8) is 0 Å². The van der Waals surface area contributed by atoms with Crippen LogP contribution in [0.3, 0.4) is 0 Å². The fourth-order valence-corrected chi connectivity index (χ4v) is 3.45. The number of rotatable bonds is 8. The zero-order valence-electron chi connectivity index (χ0n) is 12.5. The average Bonchev–Trinajstić information content (AvgIpc) is 2.45. The van der Waals surface area contributed by atoms with Gasteiger partial charge in [-0.3, -0.25) is 0 Å². The van der Waals surface area contributed by atoms with Gasteiger partial charge in [0.1, 0.15) is 0 Å². The van der Waals surface area contributed by atoms with Crippen LogP contribution in [-0.2, 0) is 16.4 Å². The Morgan fingerprint density at radius 3 is 2.15 bits per heavy atom. The van der Waals surface area contributed by atoms with Crippen molar-refractivity contribution in [2.24, 2.45) is 0 Å². The molecule has 114 valence electrons. The van der Waals surface area contributed by atoms with Crippen molar-refractivity contribution in [3.8, 4) is 0 Å². The van der Waals surface area contributed by atoms with Crippen LogP contribution in [0.1, 0.15) is 45.6 Å². The topological polar surface area (TPSA) is 66.4 Å². The van der Waals surface area contributed by atoms with Gasteiger partial charge in [-0.15, -0.1) is 0 Å². The van der Waals surface area contributed by atoms with Crippen molar-refractivity contribution in [2.75, 3.05) is 6.61 Å². The number of sulfonamides is 1. The van der Waals surface area contributed by atoms with Gasteiger partial charge in [0.2, 0.25) is 10.0 Å². The lowest BCUT2D eigenvalue weighted by Crippen LogP contribution is -2.44. The van der Waals surface area contributed by atoms with Crippen LogP contribution < -0.4 is 4.72 Å². The van der Waals surface area contributed by atoms with Crippen LogP contribution in [0.15, 0.2) is 29.2 Å². The molecular formula is C15H25NO3S. The molecule has 0 saturated carbocycles. The van der Waals surface area contributed by atoms with E-state index in [9.17, 15) is 8.42 Å². The average molecular weight is 299 g/mol. The largest absolute Gasteiger partial charge is 0.396 e. The summed E-state index contributed by atoms with van der Waals surface area (Å²) in [5, 5.41) is 8.79. The minimum atomic E-state index is -3.48. The number of benzene rings is 1. The molecule has 0 aliphatic rings. The van der Waals surface area contributed by atoms with E-state index in [1.807, 2.05) is 20.8 Å². The molecule has 0 aliphatic heterocycles. The highest BCUT2D eigenvalue weighted by Crippen LogP contribution is 2.19. The number of hydrogen-bond acceptors (Lipinski definition) is 3. The van der Waals surface area contributed by atoms with Crippen LogP contribution in [0.25, 0.3) is 0 Å². The van der Waals surface area contributed by atoms with E-state index in [4.69, 9.17) is 5.11 Å². The molecule has 0 saturated heterocycles. The van der Waals surface area contributed by atoms with Crippen LogP contribution in [0.2, 0.25) is 0 Å². The van der Waals surface area contributed by atoms with E-state index >= 15 is 0 Å². The fourth-order valence-electron chi connectivity index (χ4n) is 1.90. The Morgan fingerprint density at radius 1 is 1.15 bits per heavy atom. The first-order valence-electron chi connectivity index (χ1n) is 7.10. The Hall–Kier alpha value is -0.910. The second-order valence-electron chi connectivity index (χ2n) is 5.34. The molecule has 1 aromatic rings. The van der Waals surface area contributed by atoms with Gasteiger partial charge in [0, 0.05) is 12.1 Å². The normalized spacial score (nSPS) is 12.6. The minimum absolute atomic E-state index is 0.146. The van der Waals surface area contributed by atoms with Gasteiger partial charge in [0.25, 0.3) is 0 Å². The highest BCUT2D eigenvalue weighted by molar-refractivity contribution is 7.89. The summed E-state index contributed by atoms with van der Waals surface area (Å²) in [6.45, 7) is 6.02. The Balaban J connectivity index is 2.88. The quantitative estimate of drug-likeness (QED) is 0.775. The smallest absolute Gasteiger partial charge is 0.241 e. The first-order chi connectivity index (χ1) is 9.37. The third kappa shape index (κ3) is 4.58. The Morgan fingerprint density at radius 2 is 1.70 bits per heavy atom. The zero-order chi connectivity index (χ0) is 15.2. The maximum atomic E-state index is 12.3. The lowest BCUT2D eigenvalue weighted by Gasteiger charge is -2.27. The van der Waals surface area contributed by atoms with E-state index in [-0.39, 0.29) is 6.61 Å². The van der Waals surface area contributed by atoms with Crippen molar-refractivity contribution in [1.82, 2.24) is 4.72 Å². The van der Waals surface area contributed by atoms with Crippen LogP contribution >= 0.6 is 0 Å². The van der Waals surface area contributed by atoms with Gasteiger partial charge < -0.3 is 5.11 Å². The van der Waals surface area contributed by atoms with Gasteiger partial charge in [-0.25, -0.2) is 13.1 Å². The molecule has 20 heavy (non-hydrogen) atoms. The third-order valence-electron chi connectivity index (χ3n) is 3.80. The molecular weight excluding hydrogens is 274 g/mol. The maximum Gasteiger partial charge on any atom is 0.241 e. The standard InChI is InChI=1S/C15H25NO3S/c1-4-15(3,5-2)16-20(18,19)14-10-8-13(9-11-14)7-6-12-17/h8-11,16-17H,4-7,12H2,1-3H3. The van der Waals surface area contributed by atoms with Gasteiger partial charge in [0.15, 0.2) is 0 Å². The molecule has 4 nitrogen and oxygen atoms in total. The summed E-state index contributed by atoms with van der Waals surface area (Å²) in [7, 11) is -3.48. The molecule has 0 unspecified atom stereocenters. The molecule has 2 N–H and O–H groups in total. The summed E-state index contributed by atoms with van der Waals surface area (Å²) in [6.07, 6.45) is 2.94. The van der Waals surface area contributed by atoms with Crippen molar-refractivity contribution >= 4 is 10.0 Å². The summed E-state index contributed by atoms with van der Waals surface area (Å²) in [4.78, 5) is 0.290. The SMILES string of the molecule is CCC(C)(CC)NS(=O)(=O)c1ccc(CCCO)cc1. The lowest BCUT2D eigenvalue weighted by molar-refractivity contribution is 0.288. The Kier molecular flexibility index (Phi) is 6.17. The molecule has 0 heterocycles. The molecule has 5 heteroatoms. The highest BCUT2D eigenvalue weighted by Gasteiger charge is 2.27. The predicted molar refractivity (Wildman–Crippen MR) is 81.2 cm³/mol. The molecule has 0 fully saturated rings. The lowest BCUT2D eigenvalue weighted by atomic mass is 9.98. The van der Waals surface area contributed by atoms with Gasteiger partial charge in [-0.2, -0.15) is 0 Å². The number of aliphatic hydroxyl groups is 1. The number of aryl methyl sites for hydroxylation is 1. The maximum absolute atomic E-state index is 12.3. The highest BCUT2D eigenvalue weighted by atomic mass is 32.2. The summed E-state index contributed by atoms with van der Waals surface area (Å²) in [6, 6.07) is 6.86. The summed E-state index contributed by atoms with van der Waals surface area (Å²) in [5.74, 6) is 0. The fraction of sp³-hybridized carbons (Fsp3) is 0.600. The summed E-state index contributed by atoms with van der Waals surface area (Å²) in [5.41, 5.74) is 0.626. The molecule has 0 atom stereocenters. The van der Waals surface area contributed by atoms with Crippen LogP contribution in [0.4, 0.5) is 0 Å². The van der Waals surface area contributed by atoms with Crippen molar-refractivity contribution in [1.29, 1.82) is 0 Å². The number of aliphatic hydroxyl groups excluding tert-OH is 1. The zero-order valence-corrected chi connectivity index (χ0v) is 13.3. The van der Waals surface area contributed by atoms with Gasteiger partial charge >= 0.3 is 0 Å². The molecule has 0 aliphatic carbocycles. The van der Waals surface area contributed by atoms with E-state index in [0.29, 0.717) is 11.3 Å². The van der Waals surface area contributed by atoms with E-state index in [2.05, 4.69) is 4.72 Å².